The Morgan fingerprint density at radius 1 is 0.279 bits per heavy atom. The number of hydrogen-bond donors (Lipinski definition) is 0. The molecule has 0 spiro atoms. The van der Waals surface area contributed by atoms with Crippen LogP contribution in [0.5, 0.6) is 0 Å². The maximum Gasteiger partial charge on any atom is 0.306 e. The first-order valence-corrected chi connectivity index (χ1v) is 30.3. The third-order valence-corrected chi connectivity index (χ3v) is 13.7. The largest absolute Gasteiger partial charge is 0.462 e. The van der Waals surface area contributed by atoms with E-state index in [0.717, 1.165) is 64.2 Å². The summed E-state index contributed by atoms with van der Waals surface area (Å²) >= 11 is 0. The van der Waals surface area contributed by atoms with Crippen LogP contribution in [0.15, 0.2) is 24.3 Å². The van der Waals surface area contributed by atoms with Gasteiger partial charge in [-0.1, -0.05) is 270 Å². The van der Waals surface area contributed by atoms with Crippen LogP contribution in [0.2, 0.25) is 0 Å². The highest BCUT2D eigenvalue weighted by atomic mass is 16.6. The average molecular weight is 958 g/mol. The zero-order valence-electron chi connectivity index (χ0n) is 45.9. The zero-order valence-corrected chi connectivity index (χ0v) is 45.9. The van der Waals surface area contributed by atoms with E-state index >= 15 is 0 Å². The zero-order chi connectivity index (χ0) is 49.3. The van der Waals surface area contributed by atoms with Gasteiger partial charge in [0.15, 0.2) is 6.10 Å². The quantitative estimate of drug-likeness (QED) is 0.0262. The molecule has 0 amide bonds. The second kappa shape index (κ2) is 57.5. The van der Waals surface area contributed by atoms with Gasteiger partial charge in [-0.25, -0.2) is 0 Å². The first-order chi connectivity index (χ1) is 33.5. The van der Waals surface area contributed by atoms with Gasteiger partial charge in [-0.3, -0.25) is 14.4 Å². The minimum Gasteiger partial charge on any atom is -0.462 e. The summed E-state index contributed by atoms with van der Waals surface area (Å²) in [5, 5.41) is 0. The molecule has 0 fully saturated rings. The molecular weight excluding hydrogens is 841 g/mol. The lowest BCUT2D eigenvalue weighted by molar-refractivity contribution is -0.167. The summed E-state index contributed by atoms with van der Waals surface area (Å²) in [6, 6.07) is 0. The Labute approximate surface area is 423 Å². The molecule has 1 atom stereocenters. The Morgan fingerprint density at radius 2 is 0.485 bits per heavy atom. The minimum absolute atomic E-state index is 0.0703. The number of carbonyl (C=O) groups is 3. The van der Waals surface area contributed by atoms with E-state index in [4.69, 9.17) is 14.2 Å². The SMILES string of the molecule is CCCCCCCC/C=C\CCCCCCCCCCCC(=O)OCC(COC(=O)CCCCCCC/C=C\CCCCCCCC)OC(=O)CCCCCCCCCCCCCCCCCC. The topological polar surface area (TPSA) is 78.9 Å². The summed E-state index contributed by atoms with van der Waals surface area (Å²) in [5.74, 6) is -0.857. The first kappa shape index (κ1) is 65.9. The molecule has 0 bridgehead atoms. The summed E-state index contributed by atoms with van der Waals surface area (Å²) in [4.78, 5) is 38.2. The molecule has 0 aliphatic carbocycles. The highest BCUT2D eigenvalue weighted by Gasteiger charge is 2.19. The van der Waals surface area contributed by atoms with Crippen molar-refractivity contribution in [2.24, 2.45) is 0 Å². The van der Waals surface area contributed by atoms with Gasteiger partial charge >= 0.3 is 17.9 Å². The average Bonchev–Trinajstić information content (AvgIpc) is 3.34. The molecule has 0 aromatic rings. The van der Waals surface area contributed by atoms with Gasteiger partial charge in [0.05, 0.1) is 0 Å². The molecule has 0 aliphatic rings. The van der Waals surface area contributed by atoms with Crippen molar-refractivity contribution in [1.82, 2.24) is 0 Å². The van der Waals surface area contributed by atoms with Crippen LogP contribution in [0.25, 0.3) is 0 Å². The first-order valence-electron chi connectivity index (χ1n) is 30.3. The van der Waals surface area contributed by atoms with Gasteiger partial charge in [-0.05, 0) is 70.6 Å². The number of esters is 3. The number of hydrogen-bond acceptors (Lipinski definition) is 6. The Bertz CT molecular complexity index is 1100. The minimum atomic E-state index is -0.772. The maximum atomic E-state index is 12.9. The van der Waals surface area contributed by atoms with Crippen LogP contribution in [-0.4, -0.2) is 37.2 Å². The summed E-state index contributed by atoms with van der Waals surface area (Å²) in [6.07, 6.45) is 67.4. The predicted octanol–water partition coefficient (Wildman–Crippen LogP) is 20.3. The van der Waals surface area contributed by atoms with E-state index in [-0.39, 0.29) is 31.1 Å². The lowest BCUT2D eigenvalue weighted by Gasteiger charge is -2.18. The van der Waals surface area contributed by atoms with Crippen molar-refractivity contribution in [2.75, 3.05) is 13.2 Å². The number of rotatable bonds is 56. The van der Waals surface area contributed by atoms with Gasteiger partial charge in [0.25, 0.3) is 0 Å². The van der Waals surface area contributed by atoms with Crippen LogP contribution in [-0.2, 0) is 28.6 Å². The highest BCUT2D eigenvalue weighted by Crippen LogP contribution is 2.17. The molecule has 68 heavy (non-hydrogen) atoms. The molecule has 0 radical (unpaired) electrons. The van der Waals surface area contributed by atoms with Gasteiger partial charge in [0.1, 0.15) is 13.2 Å². The second-order valence-electron chi connectivity index (χ2n) is 20.6. The molecule has 0 aromatic heterocycles. The van der Waals surface area contributed by atoms with Gasteiger partial charge in [-0.2, -0.15) is 0 Å². The standard InChI is InChI=1S/C62H116O6/c1-4-7-10-13-16-19-22-25-28-30-31-32-35-37-40-43-46-49-52-55-61(64)67-58-59(57-66-60(63)54-51-48-45-42-39-36-33-27-24-21-18-15-12-9-6-3)68-62(65)56-53-50-47-44-41-38-34-29-26-23-20-17-14-11-8-5-2/h25,27-28,33,59H,4-24,26,29-32,34-58H2,1-3H3/b28-25-,33-27-. The van der Waals surface area contributed by atoms with E-state index in [1.165, 1.54) is 231 Å². The fourth-order valence-electron chi connectivity index (χ4n) is 9.08. The maximum absolute atomic E-state index is 12.9. The fraction of sp³-hybridized carbons (Fsp3) is 0.887. The van der Waals surface area contributed by atoms with Crippen molar-refractivity contribution in [3.63, 3.8) is 0 Å². The monoisotopic (exact) mass is 957 g/mol. The van der Waals surface area contributed by atoms with Crippen LogP contribution in [0.3, 0.4) is 0 Å². The molecule has 400 valence electrons. The summed E-state index contributed by atoms with van der Waals surface area (Å²) in [6.45, 7) is 6.68. The van der Waals surface area contributed by atoms with Crippen LogP contribution < -0.4 is 0 Å². The van der Waals surface area contributed by atoms with E-state index in [9.17, 15) is 14.4 Å². The van der Waals surface area contributed by atoms with E-state index < -0.39 is 6.10 Å². The molecule has 6 nitrogen and oxygen atoms in total. The lowest BCUT2D eigenvalue weighted by Crippen LogP contribution is -2.30. The van der Waals surface area contributed by atoms with Gasteiger partial charge in [0, 0.05) is 19.3 Å². The van der Waals surface area contributed by atoms with Crippen LogP contribution in [0, 0.1) is 0 Å². The number of allylic oxidation sites excluding steroid dienone is 4. The lowest BCUT2D eigenvalue weighted by atomic mass is 10.0. The Hall–Kier alpha value is -2.11. The molecule has 0 aliphatic heterocycles. The van der Waals surface area contributed by atoms with Crippen LogP contribution >= 0.6 is 0 Å². The molecule has 1 unspecified atom stereocenters. The molecule has 0 heterocycles. The third-order valence-electron chi connectivity index (χ3n) is 13.7. The highest BCUT2D eigenvalue weighted by molar-refractivity contribution is 5.71. The van der Waals surface area contributed by atoms with Gasteiger partial charge in [-0.15, -0.1) is 0 Å². The van der Waals surface area contributed by atoms with Crippen molar-refractivity contribution in [1.29, 1.82) is 0 Å². The third kappa shape index (κ3) is 54.8. The van der Waals surface area contributed by atoms with Crippen molar-refractivity contribution in [3.05, 3.63) is 24.3 Å². The Morgan fingerprint density at radius 3 is 0.735 bits per heavy atom. The van der Waals surface area contributed by atoms with Crippen molar-refractivity contribution in [2.45, 2.75) is 341 Å². The van der Waals surface area contributed by atoms with E-state index in [1.54, 1.807) is 0 Å². The fourth-order valence-corrected chi connectivity index (χ4v) is 9.08. The van der Waals surface area contributed by atoms with Gasteiger partial charge in [0.2, 0.25) is 0 Å². The molecule has 0 rings (SSSR count). The Balaban J connectivity index is 4.32. The molecule has 0 N–H and O–H groups in total. The van der Waals surface area contributed by atoms with E-state index in [1.807, 2.05) is 0 Å². The van der Waals surface area contributed by atoms with Crippen molar-refractivity contribution < 1.29 is 28.6 Å². The number of carbonyl (C=O) groups excluding carboxylic acids is 3. The summed E-state index contributed by atoms with van der Waals surface area (Å²) < 4.78 is 16.9. The molecule has 0 aromatic carbocycles. The van der Waals surface area contributed by atoms with E-state index in [2.05, 4.69) is 45.1 Å². The smallest absolute Gasteiger partial charge is 0.306 e. The Kier molecular flexibility index (Phi) is 55.7. The van der Waals surface area contributed by atoms with Gasteiger partial charge < -0.3 is 14.2 Å². The number of ether oxygens (including phenoxy) is 3. The summed E-state index contributed by atoms with van der Waals surface area (Å²) in [7, 11) is 0. The number of unbranched alkanes of at least 4 members (excludes halogenated alkanes) is 41. The predicted molar refractivity (Wildman–Crippen MR) is 293 cm³/mol. The summed E-state index contributed by atoms with van der Waals surface area (Å²) in [5.41, 5.74) is 0. The van der Waals surface area contributed by atoms with Crippen molar-refractivity contribution in [3.8, 4) is 0 Å². The van der Waals surface area contributed by atoms with Crippen molar-refractivity contribution >= 4 is 17.9 Å². The molecule has 6 heteroatoms. The molecule has 0 saturated carbocycles. The normalized spacial score (nSPS) is 12.1. The molecular formula is C62H116O6. The van der Waals surface area contributed by atoms with E-state index in [0.29, 0.717) is 19.3 Å². The van der Waals surface area contributed by atoms with Crippen LogP contribution in [0.4, 0.5) is 0 Å². The second-order valence-corrected chi connectivity index (χ2v) is 20.6. The molecule has 0 saturated heterocycles. The van der Waals surface area contributed by atoms with Crippen LogP contribution in [0.1, 0.15) is 335 Å².